The number of amides is 4. The summed E-state index contributed by atoms with van der Waals surface area (Å²) in [6.07, 6.45) is -0.672. The molecule has 4 heterocycles. The Morgan fingerprint density at radius 1 is 1.12 bits per heavy atom. The van der Waals surface area contributed by atoms with Crippen LogP contribution in [0.15, 0.2) is 42.5 Å². The number of likely N-dealkylation sites (tertiary alicyclic amines) is 1. The molecule has 3 fully saturated rings. The summed E-state index contributed by atoms with van der Waals surface area (Å²) < 4.78 is 59.6. The number of rotatable bonds is 6. The third kappa shape index (κ3) is 6.61. The molecule has 4 atom stereocenters. The van der Waals surface area contributed by atoms with Crippen molar-refractivity contribution < 1.29 is 36.7 Å². The van der Waals surface area contributed by atoms with Crippen LogP contribution in [0.3, 0.4) is 0 Å². The van der Waals surface area contributed by atoms with E-state index in [4.69, 9.17) is 0 Å². The number of carbonyl (C=O) groups is 3. The second-order valence-electron chi connectivity index (χ2n) is 14.2. The van der Waals surface area contributed by atoms with Crippen LogP contribution in [0.2, 0.25) is 12.1 Å². The average Bonchev–Trinajstić information content (AvgIpc) is 3.25. The van der Waals surface area contributed by atoms with Crippen molar-refractivity contribution in [2.24, 2.45) is 5.92 Å². The number of carbonyl (C=O) groups excluding carboxylic acids is 3. The van der Waals surface area contributed by atoms with Crippen molar-refractivity contribution >= 4 is 48.8 Å². The zero-order chi connectivity index (χ0) is 34.6. The van der Waals surface area contributed by atoms with Gasteiger partial charge >= 0.3 is 6.03 Å². The van der Waals surface area contributed by atoms with E-state index in [9.17, 15) is 27.9 Å². The first-order chi connectivity index (χ1) is 22.6. The molecule has 4 aliphatic rings. The number of piperidine rings is 2. The van der Waals surface area contributed by atoms with Gasteiger partial charge in [0.05, 0.1) is 24.1 Å². The van der Waals surface area contributed by atoms with Gasteiger partial charge in [-0.3, -0.25) is 9.59 Å². The first kappa shape index (κ1) is 34.5. The normalized spacial score (nSPS) is 27.9. The fourth-order valence-corrected chi connectivity index (χ4v) is 12.2. The van der Waals surface area contributed by atoms with Crippen LogP contribution >= 0.6 is 0 Å². The number of sulfonamides is 1. The predicted octanol–water partition coefficient (Wildman–Crippen LogP) is 3.18. The van der Waals surface area contributed by atoms with Crippen LogP contribution in [-0.2, 0) is 25.4 Å². The Labute approximate surface area is 281 Å². The monoisotopic (exact) mass is 703 g/mol. The number of hydrogen-bond donors (Lipinski definition) is 3. The number of fused-ring (bicyclic) bond motifs is 1. The summed E-state index contributed by atoms with van der Waals surface area (Å²) in [5.74, 6) is -6.45. The maximum atomic E-state index is 15.7. The third-order valence-corrected chi connectivity index (χ3v) is 14.9. The van der Waals surface area contributed by atoms with Crippen LogP contribution in [0.4, 0.5) is 25.0 Å². The van der Waals surface area contributed by atoms with Gasteiger partial charge in [0.15, 0.2) is 0 Å². The number of alkyl halides is 2. The molecular weight excluding hydrogens is 661 g/mol. The van der Waals surface area contributed by atoms with E-state index in [1.807, 2.05) is 13.8 Å². The molecule has 2 aromatic carbocycles. The van der Waals surface area contributed by atoms with E-state index in [0.717, 1.165) is 17.0 Å². The summed E-state index contributed by atoms with van der Waals surface area (Å²) in [4.78, 5) is 40.6. The number of aliphatic hydroxyl groups is 1. The zero-order valence-corrected chi connectivity index (χ0v) is 29.6. The fraction of sp³-hybridized carbons (Fsp3) is 0.545. The Bertz CT molecular complexity index is 1730. The molecular formula is C33H43F2N5O6SSi. The van der Waals surface area contributed by atoms with Gasteiger partial charge in [-0.2, -0.15) is 4.31 Å². The SMILES string of the molecule is CN1C(=O)[C@@H](C2CCC(=O)NC2O)c2ccc([C@@H]3CCN(C(=O)Nc4cccc(CS(=O)(=O)N5CC[SiH2]CC5(C)C)c4)CC3(F)F)cc21. The highest BCUT2D eigenvalue weighted by Crippen LogP contribution is 2.47. The van der Waals surface area contributed by atoms with Crippen molar-refractivity contribution in [1.82, 2.24) is 14.5 Å². The van der Waals surface area contributed by atoms with Gasteiger partial charge in [-0.15, -0.1) is 0 Å². The van der Waals surface area contributed by atoms with Gasteiger partial charge in [0.1, 0.15) is 6.23 Å². The topological polar surface area (TPSA) is 139 Å². The second-order valence-corrected chi connectivity index (χ2v) is 18.0. The summed E-state index contributed by atoms with van der Waals surface area (Å²) >= 11 is 0. The van der Waals surface area contributed by atoms with Gasteiger partial charge in [0, 0.05) is 58.9 Å². The van der Waals surface area contributed by atoms with Gasteiger partial charge in [-0.05, 0) is 73.7 Å². The zero-order valence-electron chi connectivity index (χ0n) is 27.4. The molecule has 0 bridgehead atoms. The minimum atomic E-state index is -3.60. The fourth-order valence-electron chi connectivity index (χ4n) is 7.86. The Morgan fingerprint density at radius 3 is 2.60 bits per heavy atom. The van der Waals surface area contributed by atoms with E-state index in [0.29, 0.717) is 41.0 Å². The Balaban J connectivity index is 1.12. The molecule has 0 radical (unpaired) electrons. The Hall–Kier alpha value is -3.40. The van der Waals surface area contributed by atoms with E-state index in [1.165, 1.54) is 4.90 Å². The van der Waals surface area contributed by atoms with E-state index in [2.05, 4.69) is 10.6 Å². The van der Waals surface area contributed by atoms with Crippen LogP contribution in [0.25, 0.3) is 0 Å². The summed E-state index contributed by atoms with van der Waals surface area (Å²) in [7, 11) is -2.29. The third-order valence-electron chi connectivity index (χ3n) is 10.4. The largest absolute Gasteiger partial charge is 0.373 e. The molecule has 4 aliphatic heterocycles. The lowest BCUT2D eigenvalue weighted by atomic mass is 9.79. The molecule has 2 aromatic rings. The van der Waals surface area contributed by atoms with Crippen molar-refractivity contribution in [1.29, 1.82) is 0 Å². The molecule has 3 N–H and O–H groups in total. The number of halogens is 2. The quantitative estimate of drug-likeness (QED) is 0.396. The summed E-state index contributed by atoms with van der Waals surface area (Å²) in [5.41, 5.74) is 1.89. The first-order valence-corrected chi connectivity index (χ1v) is 20.1. The molecule has 48 heavy (non-hydrogen) atoms. The van der Waals surface area contributed by atoms with Crippen LogP contribution in [0.5, 0.6) is 0 Å². The van der Waals surface area contributed by atoms with Crippen molar-refractivity contribution in [3.63, 3.8) is 0 Å². The van der Waals surface area contributed by atoms with Gasteiger partial charge < -0.3 is 25.5 Å². The van der Waals surface area contributed by atoms with Gasteiger partial charge in [-0.25, -0.2) is 22.0 Å². The maximum absolute atomic E-state index is 15.7. The number of hydrogen-bond acceptors (Lipinski definition) is 6. The number of nitrogens with one attached hydrogen (secondary N) is 2. The predicted molar refractivity (Wildman–Crippen MR) is 180 cm³/mol. The standard InChI is InChI=1S/C33H43F2N5O6SSi/c1-32(2)19-48-14-13-40(32)47(45,46)17-20-5-4-6-22(15-20)36-31(44)39-12-11-25(33(34,35)18-39)21-7-8-23-26(16-21)38(3)30(43)28(23)24-9-10-27(41)37-29(24)42/h4-8,15-16,24-25,28-29,42H,9-14,17-19,48H2,1-3H3,(H,36,44)(H,37,41)/t24?,25-,28+,29?/m0/s1. The maximum Gasteiger partial charge on any atom is 0.322 e. The van der Waals surface area contributed by atoms with E-state index in [-0.39, 0.29) is 46.5 Å². The molecule has 2 unspecified atom stereocenters. The number of anilines is 2. The van der Waals surface area contributed by atoms with E-state index >= 15 is 8.78 Å². The highest BCUT2D eigenvalue weighted by molar-refractivity contribution is 7.88. The molecule has 6 rings (SSSR count). The van der Waals surface area contributed by atoms with Crippen LogP contribution in [0.1, 0.15) is 61.6 Å². The highest BCUT2D eigenvalue weighted by atomic mass is 32.2. The minimum Gasteiger partial charge on any atom is -0.373 e. The molecule has 0 aliphatic carbocycles. The molecule has 0 spiro atoms. The van der Waals surface area contributed by atoms with Gasteiger partial charge in [0.25, 0.3) is 5.92 Å². The number of nitrogens with zero attached hydrogens (tertiary/aromatic N) is 3. The Morgan fingerprint density at radius 2 is 1.90 bits per heavy atom. The van der Waals surface area contributed by atoms with Crippen LogP contribution < -0.4 is 15.5 Å². The summed E-state index contributed by atoms with van der Waals surface area (Å²) in [6, 6.07) is 12.5. The highest BCUT2D eigenvalue weighted by Gasteiger charge is 2.49. The van der Waals surface area contributed by atoms with Crippen molar-refractivity contribution in [3.05, 3.63) is 59.2 Å². The molecule has 15 heteroatoms. The van der Waals surface area contributed by atoms with Crippen molar-refractivity contribution in [2.75, 3.05) is 36.9 Å². The number of urea groups is 1. The lowest BCUT2D eigenvalue weighted by Gasteiger charge is -2.41. The molecule has 0 aromatic heterocycles. The molecule has 260 valence electrons. The van der Waals surface area contributed by atoms with Gasteiger partial charge in [0.2, 0.25) is 21.8 Å². The first-order valence-electron chi connectivity index (χ1n) is 16.5. The van der Waals surface area contributed by atoms with Crippen LogP contribution in [-0.4, -0.2) is 94.5 Å². The molecule has 4 amide bonds. The smallest absolute Gasteiger partial charge is 0.322 e. The second kappa shape index (κ2) is 12.8. The van der Waals surface area contributed by atoms with Gasteiger partial charge in [-0.1, -0.05) is 24.3 Å². The number of aliphatic hydroxyl groups excluding tert-OH is 1. The molecule has 11 nitrogen and oxygen atoms in total. The number of benzene rings is 2. The minimum absolute atomic E-state index is 0.0135. The summed E-state index contributed by atoms with van der Waals surface area (Å²) in [5, 5.41) is 15.6. The van der Waals surface area contributed by atoms with Crippen LogP contribution in [0, 0.1) is 5.92 Å². The Kier molecular flexibility index (Phi) is 9.19. The lowest BCUT2D eigenvalue weighted by molar-refractivity contribution is -0.132. The van der Waals surface area contributed by atoms with E-state index in [1.54, 1.807) is 53.8 Å². The average molecular weight is 704 g/mol. The molecule has 3 saturated heterocycles. The van der Waals surface area contributed by atoms with Crippen molar-refractivity contribution in [3.8, 4) is 0 Å². The summed E-state index contributed by atoms with van der Waals surface area (Å²) in [6.45, 7) is 3.69. The lowest BCUT2D eigenvalue weighted by Crippen LogP contribution is -2.51. The van der Waals surface area contributed by atoms with Crippen molar-refractivity contribution in [2.45, 2.75) is 80.5 Å². The van der Waals surface area contributed by atoms with E-state index < -0.39 is 58.0 Å². The molecule has 0 saturated carbocycles. The number of likely N-dealkylation sites (N-methyl/N-ethyl adjacent to an activating group) is 1.